The van der Waals surface area contributed by atoms with E-state index in [2.05, 4.69) is 5.32 Å². The van der Waals surface area contributed by atoms with Crippen molar-refractivity contribution in [3.8, 4) is 0 Å². The van der Waals surface area contributed by atoms with Crippen LogP contribution in [0, 0.1) is 5.92 Å². The average Bonchev–Trinajstić information content (AvgIpc) is 2.73. The number of hydrogen-bond acceptors (Lipinski definition) is 3. The Balaban J connectivity index is 1.82. The smallest absolute Gasteiger partial charge is 0.317 e. The average molecular weight is 268 g/mol. The Kier molecular flexibility index (Phi) is 4.02. The van der Waals surface area contributed by atoms with Gasteiger partial charge in [0.1, 0.15) is 5.60 Å². The van der Waals surface area contributed by atoms with Gasteiger partial charge in [0.25, 0.3) is 0 Å². The molecule has 0 aromatic rings. The van der Waals surface area contributed by atoms with Crippen molar-refractivity contribution in [3.05, 3.63) is 0 Å². The van der Waals surface area contributed by atoms with Crippen molar-refractivity contribution in [1.82, 2.24) is 10.2 Å². The summed E-state index contributed by atoms with van der Waals surface area (Å²) in [4.78, 5) is 25.5. The van der Waals surface area contributed by atoms with Gasteiger partial charge >= 0.3 is 12.0 Å². The summed E-state index contributed by atoms with van der Waals surface area (Å²) in [7, 11) is 0. The highest BCUT2D eigenvalue weighted by Crippen LogP contribution is 2.30. The molecule has 5 heteroatoms. The number of urea groups is 1. The van der Waals surface area contributed by atoms with E-state index in [1.807, 2.05) is 25.7 Å². The van der Waals surface area contributed by atoms with E-state index in [0.717, 1.165) is 38.8 Å². The monoisotopic (exact) mass is 268 g/mol. The number of amides is 2. The first-order chi connectivity index (χ1) is 8.87. The summed E-state index contributed by atoms with van der Waals surface area (Å²) in [5, 5.41) is 2.83. The van der Waals surface area contributed by atoms with Crippen LogP contribution >= 0.6 is 0 Å². The van der Waals surface area contributed by atoms with Crippen LogP contribution in [0.25, 0.3) is 0 Å². The van der Waals surface area contributed by atoms with Crippen LogP contribution < -0.4 is 5.32 Å². The summed E-state index contributed by atoms with van der Waals surface area (Å²) in [5.74, 6) is -0.0852. The van der Waals surface area contributed by atoms with Gasteiger partial charge in [-0.05, 0) is 46.5 Å². The van der Waals surface area contributed by atoms with Crippen LogP contribution in [0.1, 0.15) is 46.5 Å². The third kappa shape index (κ3) is 3.61. The minimum atomic E-state index is -0.414. The molecule has 1 aliphatic carbocycles. The summed E-state index contributed by atoms with van der Waals surface area (Å²) >= 11 is 0. The maximum Gasteiger partial charge on any atom is 0.317 e. The molecule has 1 saturated carbocycles. The van der Waals surface area contributed by atoms with Crippen molar-refractivity contribution >= 4 is 12.0 Å². The normalized spacial score (nSPS) is 28.2. The van der Waals surface area contributed by atoms with Gasteiger partial charge in [-0.3, -0.25) is 4.79 Å². The highest BCUT2D eigenvalue weighted by Gasteiger charge is 2.34. The molecule has 0 aromatic carbocycles. The van der Waals surface area contributed by atoms with E-state index in [1.54, 1.807) is 0 Å². The summed E-state index contributed by atoms with van der Waals surface area (Å²) in [5.41, 5.74) is -0.414. The largest absolute Gasteiger partial charge is 0.460 e. The molecule has 0 bridgehead atoms. The molecule has 2 rings (SSSR count). The van der Waals surface area contributed by atoms with E-state index in [0.29, 0.717) is 6.04 Å². The molecule has 1 saturated heterocycles. The van der Waals surface area contributed by atoms with Crippen LogP contribution in [-0.2, 0) is 9.53 Å². The van der Waals surface area contributed by atoms with Crippen molar-refractivity contribution in [2.24, 2.45) is 5.92 Å². The Hall–Kier alpha value is -1.26. The van der Waals surface area contributed by atoms with Gasteiger partial charge in [-0.2, -0.15) is 0 Å². The van der Waals surface area contributed by atoms with Gasteiger partial charge in [0, 0.05) is 19.1 Å². The summed E-state index contributed by atoms with van der Waals surface area (Å²) in [6.07, 6.45) is 3.45. The van der Waals surface area contributed by atoms with Crippen molar-refractivity contribution < 1.29 is 14.3 Å². The number of ether oxygens (including phenoxy) is 1. The Bertz CT molecular complexity index is 354. The number of carbonyl (C=O) groups is 2. The third-order valence-electron chi connectivity index (χ3n) is 3.77. The maximum atomic E-state index is 12.0. The quantitative estimate of drug-likeness (QED) is 0.778. The Morgan fingerprint density at radius 1 is 1.26 bits per heavy atom. The van der Waals surface area contributed by atoms with Gasteiger partial charge in [0.2, 0.25) is 0 Å². The maximum absolute atomic E-state index is 12.0. The number of nitrogens with zero attached hydrogens (tertiary/aromatic N) is 1. The van der Waals surface area contributed by atoms with Crippen LogP contribution in [0.4, 0.5) is 4.79 Å². The molecule has 5 nitrogen and oxygen atoms in total. The molecule has 0 radical (unpaired) electrons. The molecule has 0 atom stereocenters. The Morgan fingerprint density at radius 2 is 1.89 bits per heavy atom. The molecule has 0 spiro atoms. The Labute approximate surface area is 114 Å². The lowest BCUT2D eigenvalue weighted by Crippen LogP contribution is -2.41. The molecule has 0 unspecified atom stereocenters. The van der Waals surface area contributed by atoms with Crippen molar-refractivity contribution in [3.63, 3.8) is 0 Å². The lowest BCUT2D eigenvalue weighted by molar-refractivity contribution is -0.161. The first kappa shape index (κ1) is 14.2. The zero-order valence-electron chi connectivity index (χ0n) is 12.1. The molecule has 2 aliphatic rings. The molecule has 1 heterocycles. The molecule has 2 fully saturated rings. The van der Waals surface area contributed by atoms with E-state index in [1.165, 1.54) is 0 Å². The van der Waals surface area contributed by atoms with Crippen LogP contribution in [-0.4, -0.2) is 41.6 Å². The van der Waals surface area contributed by atoms with Crippen molar-refractivity contribution in [2.75, 3.05) is 13.1 Å². The third-order valence-corrected chi connectivity index (χ3v) is 3.77. The van der Waals surface area contributed by atoms with E-state index >= 15 is 0 Å². The molecular weight excluding hydrogens is 244 g/mol. The molecule has 2 amide bonds. The fourth-order valence-corrected chi connectivity index (χ4v) is 2.84. The predicted molar refractivity (Wildman–Crippen MR) is 71.7 cm³/mol. The van der Waals surface area contributed by atoms with Gasteiger partial charge < -0.3 is 15.0 Å². The second kappa shape index (κ2) is 5.39. The lowest BCUT2D eigenvalue weighted by Gasteiger charge is -2.34. The standard InChI is InChI=1S/C14H24N2O3/c1-14(2,3)19-12(17)10-4-6-11(7-5-10)16-9-8-15-13(16)18/h10-11H,4-9H2,1-3H3,(H,15,18). The fourth-order valence-electron chi connectivity index (χ4n) is 2.84. The fraction of sp³-hybridized carbons (Fsp3) is 0.857. The first-order valence-corrected chi connectivity index (χ1v) is 7.14. The van der Waals surface area contributed by atoms with Crippen molar-refractivity contribution in [1.29, 1.82) is 0 Å². The molecule has 1 N–H and O–H groups in total. The number of rotatable bonds is 2. The van der Waals surface area contributed by atoms with E-state index < -0.39 is 5.60 Å². The number of nitrogens with one attached hydrogen (secondary N) is 1. The van der Waals surface area contributed by atoms with Gasteiger partial charge in [-0.25, -0.2) is 4.79 Å². The van der Waals surface area contributed by atoms with Gasteiger partial charge in [-0.15, -0.1) is 0 Å². The van der Waals surface area contributed by atoms with Gasteiger partial charge in [0.05, 0.1) is 5.92 Å². The summed E-state index contributed by atoms with van der Waals surface area (Å²) < 4.78 is 5.43. The van der Waals surface area contributed by atoms with Gasteiger partial charge in [0.15, 0.2) is 0 Å². The highest BCUT2D eigenvalue weighted by molar-refractivity contribution is 5.76. The minimum Gasteiger partial charge on any atom is -0.460 e. The summed E-state index contributed by atoms with van der Waals surface area (Å²) in [6, 6.07) is 0.335. The van der Waals surface area contributed by atoms with Crippen LogP contribution in [0.2, 0.25) is 0 Å². The van der Waals surface area contributed by atoms with Crippen LogP contribution in [0.15, 0.2) is 0 Å². The Morgan fingerprint density at radius 3 is 2.37 bits per heavy atom. The molecule has 19 heavy (non-hydrogen) atoms. The highest BCUT2D eigenvalue weighted by atomic mass is 16.6. The van der Waals surface area contributed by atoms with Crippen LogP contribution in [0.5, 0.6) is 0 Å². The number of hydrogen-bond donors (Lipinski definition) is 1. The molecule has 1 aliphatic heterocycles. The zero-order valence-corrected chi connectivity index (χ0v) is 12.1. The molecular formula is C14H24N2O3. The van der Waals surface area contributed by atoms with Gasteiger partial charge in [-0.1, -0.05) is 0 Å². The predicted octanol–water partition coefficient (Wildman–Crippen LogP) is 1.91. The van der Waals surface area contributed by atoms with Crippen molar-refractivity contribution in [2.45, 2.75) is 58.1 Å². The zero-order chi connectivity index (χ0) is 14.0. The van der Waals surface area contributed by atoms with E-state index in [4.69, 9.17) is 4.74 Å². The molecule has 108 valence electrons. The SMILES string of the molecule is CC(C)(C)OC(=O)C1CCC(N2CCNC2=O)CC1. The molecule has 0 aromatic heterocycles. The second-order valence-electron chi connectivity index (χ2n) is 6.46. The number of carbonyl (C=O) groups excluding carboxylic acids is 2. The van der Waals surface area contributed by atoms with Crippen LogP contribution in [0.3, 0.4) is 0 Å². The number of esters is 1. The first-order valence-electron chi connectivity index (χ1n) is 7.14. The topological polar surface area (TPSA) is 58.6 Å². The van der Waals surface area contributed by atoms with E-state index in [9.17, 15) is 9.59 Å². The summed E-state index contributed by atoms with van der Waals surface area (Å²) in [6.45, 7) is 7.22. The van der Waals surface area contributed by atoms with E-state index in [-0.39, 0.29) is 17.9 Å². The lowest BCUT2D eigenvalue weighted by atomic mass is 9.85. The second-order valence-corrected chi connectivity index (χ2v) is 6.46. The minimum absolute atomic E-state index is 0.00105.